The molecule has 9 atom stereocenters. The Kier molecular flexibility index (Phi) is 9.91. The van der Waals surface area contributed by atoms with Gasteiger partial charge in [-0.1, -0.05) is 60.8 Å². The van der Waals surface area contributed by atoms with E-state index < -0.39 is 0 Å². The number of benzene rings is 1. The van der Waals surface area contributed by atoms with Gasteiger partial charge in [-0.3, -0.25) is 9.59 Å². The van der Waals surface area contributed by atoms with Crippen LogP contribution in [0.3, 0.4) is 0 Å². The summed E-state index contributed by atoms with van der Waals surface area (Å²) in [4.78, 5) is 32.3. The van der Waals surface area contributed by atoms with E-state index in [0.717, 1.165) is 59.8 Å². The normalized spacial score (nSPS) is 33.3. The average Bonchev–Trinajstić information content (AvgIpc) is 3.61. The molecule has 3 saturated heterocycles. The highest BCUT2D eigenvalue weighted by Gasteiger charge is 2.68. The van der Waals surface area contributed by atoms with Crippen LogP contribution in [0.4, 0.5) is 5.69 Å². The summed E-state index contributed by atoms with van der Waals surface area (Å²) in [6.45, 7) is 5.22. The molecule has 310 valence electrons. The number of anilines is 1. The molecule has 10 rings (SSSR count). The number of amides is 2. The predicted molar refractivity (Wildman–Crippen MR) is 236 cm³/mol. The number of rotatable bonds is 12. The summed E-state index contributed by atoms with van der Waals surface area (Å²) in [5, 5.41) is 7.51. The topological polar surface area (TPSA) is 102 Å². The van der Waals surface area contributed by atoms with E-state index in [-0.39, 0.29) is 58.4 Å². The van der Waals surface area contributed by atoms with Crippen LogP contribution in [0.25, 0.3) is 0 Å². The number of fused-ring (bicyclic) bond motifs is 7. The van der Waals surface area contributed by atoms with Crippen molar-refractivity contribution in [3.8, 4) is 11.5 Å². The van der Waals surface area contributed by atoms with Gasteiger partial charge >= 0.3 is 0 Å². The second kappa shape index (κ2) is 15.0. The smallest absolute Gasteiger partial charge is 0.258 e. The van der Waals surface area contributed by atoms with Crippen molar-refractivity contribution in [2.75, 3.05) is 44.3 Å². The third-order valence-corrected chi connectivity index (χ3v) is 15.4. The minimum absolute atomic E-state index is 0.0139. The number of thioether (sulfide) groups is 1. The highest BCUT2D eigenvalue weighted by atomic mass is 32.2. The van der Waals surface area contributed by atoms with E-state index in [2.05, 4.69) is 96.7 Å². The Balaban J connectivity index is 0.848. The van der Waals surface area contributed by atoms with Gasteiger partial charge in [0.1, 0.15) is 23.3 Å². The fraction of sp³-hybridized carbons (Fsp3) is 0.489. The van der Waals surface area contributed by atoms with E-state index >= 15 is 0 Å². The van der Waals surface area contributed by atoms with Crippen molar-refractivity contribution in [3.63, 3.8) is 0 Å². The molecular formula is C47H55N4O6S2+. The Hall–Kier alpha value is -4.26. The van der Waals surface area contributed by atoms with E-state index in [4.69, 9.17) is 18.9 Å². The first-order valence-corrected chi connectivity index (χ1v) is 22.8. The molecule has 0 radical (unpaired) electrons. The molecule has 0 bridgehead atoms. The number of carbonyl (C=O) groups is 2. The maximum Gasteiger partial charge on any atom is 0.258 e. The quantitative estimate of drug-likeness (QED) is 0.238. The third-order valence-electron chi connectivity index (χ3n) is 13.5. The summed E-state index contributed by atoms with van der Waals surface area (Å²) in [6, 6.07) is 4.06. The standard InChI is InChI=1S/C47H54N4O6S2/c1-46(2,58)26-59-25-29-14-27(23-56-40-19-34-33(18-39(40)55-4)45(53)51-37-12-8-6-10-31(37)21-47(51)22-42(47)48-34)13-28(15-29)24-57-41-20-35-32(17-38(41)54-3)44(52)50-36-11-7-5-9-30(36)16-43(50)49-35/h5-12,14-15,17-18,20,27,30-31,34,36-37,42-43,48-49,58H,13,16,19,21-26H2,1-4H3/p+1/t27?,30?,31?,34?,36?,37?,42-,43?,47?/m1/s1. The van der Waals surface area contributed by atoms with Crippen molar-refractivity contribution in [1.29, 1.82) is 0 Å². The number of hydrogen-bond acceptors (Lipinski definition) is 9. The predicted octanol–water partition coefficient (Wildman–Crippen LogP) is 6.21. The van der Waals surface area contributed by atoms with Crippen LogP contribution in [0, 0.1) is 17.8 Å². The second-order valence-corrected chi connectivity index (χ2v) is 20.6. The summed E-state index contributed by atoms with van der Waals surface area (Å²) in [5.41, 5.74) is 4.43. The molecule has 10 nitrogen and oxygen atoms in total. The molecule has 12 heteroatoms. The van der Waals surface area contributed by atoms with Gasteiger partial charge in [0.05, 0.1) is 49.7 Å². The maximum absolute atomic E-state index is 14.3. The zero-order valence-corrected chi connectivity index (χ0v) is 36.1. The van der Waals surface area contributed by atoms with Gasteiger partial charge < -0.3 is 39.4 Å². The van der Waals surface area contributed by atoms with Gasteiger partial charge in [-0.2, -0.15) is 11.8 Å². The van der Waals surface area contributed by atoms with E-state index in [1.54, 1.807) is 14.2 Å². The summed E-state index contributed by atoms with van der Waals surface area (Å²) < 4.78 is 25.0. The monoisotopic (exact) mass is 835 g/mol. The lowest BCUT2D eigenvalue weighted by Gasteiger charge is -2.36. The number of methoxy groups -OCH3 is 2. The molecule has 2 N–H and O–H groups in total. The Labute approximate surface area is 356 Å². The first kappa shape index (κ1) is 38.9. The van der Waals surface area contributed by atoms with Crippen molar-refractivity contribution >= 4 is 41.9 Å². The van der Waals surface area contributed by atoms with E-state index in [9.17, 15) is 9.59 Å². The van der Waals surface area contributed by atoms with Gasteiger partial charge in [0.2, 0.25) is 0 Å². The lowest BCUT2D eigenvalue weighted by molar-refractivity contribution is -0.130. The van der Waals surface area contributed by atoms with E-state index in [1.807, 2.05) is 40.9 Å². The molecule has 5 aliphatic carbocycles. The zero-order valence-electron chi connectivity index (χ0n) is 34.2. The van der Waals surface area contributed by atoms with Crippen LogP contribution in [0.2, 0.25) is 0 Å². The minimum Gasteiger partial charge on any atom is -0.493 e. The van der Waals surface area contributed by atoms with Crippen molar-refractivity contribution in [2.45, 2.75) is 86.6 Å². The molecule has 4 fully saturated rings. The van der Waals surface area contributed by atoms with Gasteiger partial charge in [-0.05, 0) is 75.4 Å². The number of nitrogens with one attached hydrogen (secondary N) is 2. The number of ether oxygens (including phenoxy) is 4. The maximum atomic E-state index is 14.3. The van der Waals surface area contributed by atoms with Crippen LogP contribution < -0.4 is 20.1 Å². The summed E-state index contributed by atoms with van der Waals surface area (Å²) in [5.74, 6) is 5.28. The Morgan fingerprint density at radius 3 is 2.51 bits per heavy atom. The largest absolute Gasteiger partial charge is 0.493 e. The van der Waals surface area contributed by atoms with Gasteiger partial charge in [-0.25, -0.2) is 0 Å². The second-order valence-electron chi connectivity index (χ2n) is 18.2. The Bertz CT molecular complexity index is 2200. The van der Waals surface area contributed by atoms with Crippen LogP contribution in [0.5, 0.6) is 11.5 Å². The SMILES string of the molecule is COC1=C(OCC2C=C(CSCC(C)(C)[SH2+])C=C(COc3cc4c(cc3OC)C(=O)N3C(CC5C=CC=CC53)N4)C2)CC2N[C@@H]3CC34CC3C=CC=CC3N4C(=O)C2=C1. The number of hydrogen-bond donors (Lipinski definition) is 2. The van der Waals surface area contributed by atoms with Gasteiger partial charge in [-0.15, -0.1) is 0 Å². The van der Waals surface area contributed by atoms with Crippen LogP contribution in [-0.2, 0) is 26.9 Å². The zero-order chi connectivity index (χ0) is 40.6. The summed E-state index contributed by atoms with van der Waals surface area (Å²) >= 11 is 5.76. The molecule has 2 amide bonds. The molecular weight excluding hydrogens is 781 g/mol. The fourth-order valence-electron chi connectivity index (χ4n) is 10.8. The van der Waals surface area contributed by atoms with Gasteiger partial charge in [0.15, 0.2) is 17.3 Å². The molecule has 1 saturated carbocycles. The van der Waals surface area contributed by atoms with Crippen molar-refractivity contribution in [2.24, 2.45) is 17.8 Å². The highest BCUT2D eigenvalue weighted by Crippen LogP contribution is 2.58. The molecule has 59 heavy (non-hydrogen) atoms. The first-order chi connectivity index (χ1) is 28.5. The minimum atomic E-state index is -0.121. The first-order valence-electron chi connectivity index (χ1n) is 21.1. The summed E-state index contributed by atoms with van der Waals surface area (Å²) in [7, 11) is 3.28. The van der Waals surface area contributed by atoms with E-state index in [1.165, 1.54) is 5.57 Å². The summed E-state index contributed by atoms with van der Waals surface area (Å²) in [6.07, 6.45) is 27.7. The van der Waals surface area contributed by atoms with Crippen LogP contribution in [-0.4, -0.2) is 101 Å². The third kappa shape index (κ3) is 7.06. The number of carbonyl (C=O) groups excluding carboxylic acids is 2. The molecule has 1 spiro atoms. The Morgan fingerprint density at radius 2 is 1.71 bits per heavy atom. The van der Waals surface area contributed by atoms with Crippen LogP contribution in [0.15, 0.2) is 107 Å². The molecule has 1 aromatic rings. The molecule has 4 heterocycles. The Morgan fingerprint density at radius 1 is 0.915 bits per heavy atom. The number of allylic oxidation sites excluding steroid dienone is 6. The number of nitrogens with zero attached hydrogens (tertiary/aromatic N) is 2. The molecule has 4 aliphatic heterocycles. The van der Waals surface area contributed by atoms with Crippen LogP contribution >= 0.6 is 11.8 Å². The van der Waals surface area contributed by atoms with Gasteiger partial charge in [0, 0.05) is 59.4 Å². The molecule has 8 unspecified atom stereocenters. The van der Waals surface area contributed by atoms with E-state index in [0.29, 0.717) is 54.3 Å². The van der Waals surface area contributed by atoms with Crippen molar-refractivity contribution in [3.05, 3.63) is 113 Å². The molecule has 0 aromatic heterocycles. The van der Waals surface area contributed by atoms with Crippen molar-refractivity contribution < 1.29 is 28.5 Å². The molecule has 9 aliphatic rings. The highest BCUT2D eigenvalue weighted by molar-refractivity contribution is 7.99. The lowest BCUT2D eigenvalue weighted by Crippen LogP contribution is -2.48. The molecule has 1 aromatic carbocycles. The van der Waals surface area contributed by atoms with Crippen molar-refractivity contribution in [1.82, 2.24) is 15.1 Å². The lowest BCUT2D eigenvalue weighted by atomic mass is 9.91. The fourth-order valence-corrected chi connectivity index (χ4v) is 12.1. The van der Waals surface area contributed by atoms with Gasteiger partial charge in [0.25, 0.3) is 11.8 Å². The average molecular weight is 836 g/mol. The van der Waals surface area contributed by atoms with Crippen LogP contribution in [0.1, 0.15) is 56.3 Å².